The maximum atomic E-state index is 12.9. The Hall–Kier alpha value is -1.50. The van der Waals surface area contributed by atoms with Crippen molar-refractivity contribution >= 4 is 40.5 Å². The van der Waals surface area contributed by atoms with Gasteiger partial charge in [0.05, 0.1) is 20.5 Å². The van der Waals surface area contributed by atoms with Crippen LogP contribution in [0.1, 0.15) is 5.56 Å². The predicted molar refractivity (Wildman–Crippen MR) is 78.6 cm³/mol. The smallest absolute Gasteiger partial charge is 0.258 e. The number of non-ortho nitro benzene ring substituents is 1. The van der Waals surface area contributed by atoms with E-state index in [0.29, 0.717) is 6.07 Å². The molecule has 0 unspecified atom stereocenters. The van der Waals surface area contributed by atoms with Gasteiger partial charge < -0.3 is 0 Å². The topological polar surface area (TPSA) is 43.1 Å². The third kappa shape index (κ3) is 3.45. The summed E-state index contributed by atoms with van der Waals surface area (Å²) in [4.78, 5) is 9.92. The quantitative estimate of drug-likeness (QED) is 0.464. The molecule has 0 heterocycles. The largest absolute Gasteiger partial charge is 0.416 e. The Balaban J connectivity index is 2.76. The fourth-order valence-electron chi connectivity index (χ4n) is 1.84. The molecule has 2 rings (SSSR count). The van der Waals surface area contributed by atoms with E-state index in [-0.39, 0.29) is 26.2 Å². The normalized spacial score (nSPS) is 11.5. The lowest BCUT2D eigenvalue weighted by atomic mass is 10.0. The average molecular weight is 371 g/mol. The van der Waals surface area contributed by atoms with E-state index in [0.717, 1.165) is 12.1 Å². The van der Waals surface area contributed by atoms with Crippen molar-refractivity contribution in [1.82, 2.24) is 0 Å². The van der Waals surface area contributed by atoms with Crippen LogP contribution in [0, 0.1) is 10.1 Å². The Bertz CT molecular complexity index is 740. The van der Waals surface area contributed by atoms with Crippen molar-refractivity contribution in [3.63, 3.8) is 0 Å². The van der Waals surface area contributed by atoms with E-state index < -0.39 is 22.4 Å². The van der Waals surface area contributed by atoms with Gasteiger partial charge in [-0.15, -0.1) is 0 Å². The number of alkyl halides is 3. The van der Waals surface area contributed by atoms with E-state index in [1.807, 2.05) is 0 Å². The minimum absolute atomic E-state index is 0.00822. The van der Waals surface area contributed by atoms with Crippen LogP contribution < -0.4 is 0 Å². The van der Waals surface area contributed by atoms with Crippen LogP contribution in [0.4, 0.5) is 18.9 Å². The number of nitrogens with zero attached hydrogens (tertiary/aromatic N) is 1. The first kappa shape index (κ1) is 16.9. The second-order valence-electron chi connectivity index (χ2n) is 4.27. The maximum absolute atomic E-state index is 12.9. The summed E-state index contributed by atoms with van der Waals surface area (Å²) in [6.45, 7) is 0. The Morgan fingerprint density at radius 3 is 1.95 bits per heavy atom. The molecule has 3 nitrogen and oxygen atoms in total. The van der Waals surface area contributed by atoms with Gasteiger partial charge in [0.15, 0.2) is 0 Å². The van der Waals surface area contributed by atoms with Crippen molar-refractivity contribution in [2.75, 3.05) is 0 Å². The van der Waals surface area contributed by atoms with Gasteiger partial charge in [-0.2, -0.15) is 13.2 Å². The molecule has 0 radical (unpaired) electrons. The fraction of sp³-hybridized carbons (Fsp3) is 0.0769. The van der Waals surface area contributed by atoms with Gasteiger partial charge in [-0.25, -0.2) is 0 Å². The van der Waals surface area contributed by atoms with Crippen LogP contribution in [0.2, 0.25) is 15.1 Å². The lowest BCUT2D eigenvalue weighted by Gasteiger charge is -2.12. The first-order valence-corrected chi connectivity index (χ1v) is 6.74. The zero-order valence-electron chi connectivity index (χ0n) is 10.4. The SMILES string of the molecule is O=[N+]([O-])c1cc(-c2c(Cl)cc(Cl)cc2Cl)cc(C(F)(F)F)c1. The van der Waals surface area contributed by atoms with Crippen LogP contribution in [-0.4, -0.2) is 4.92 Å². The highest BCUT2D eigenvalue weighted by atomic mass is 35.5. The third-order valence-electron chi connectivity index (χ3n) is 2.75. The standard InChI is InChI=1S/C13H5Cl3F3NO2/c14-8-4-10(15)12(11(16)5-8)6-1-7(13(17,18)19)3-9(2-6)20(21)22/h1-5H. The molecule has 0 aliphatic carbocycles. The summed E-state index contributed by atoms with van der Waals surface area (Å²) in [5.74, 6) is 0. The van der Waals surface area contributed by atoms with Crippen LogP contribution in [0.5, 0.6) is 0 Å². The molecule has 0 N–H and O–H groups in total. The summed E-state index contributed by atoms with van der Waals surface area (Å²) in [6.07, 6.45) is -4.74. The molecular weight excluding hydrogens is 366 g/mol. The molecule has 116 valence electrons. The van der Waals surface area contributed by atoms with Gasteiger partial charge in [0, 0.05) is 22.7 Å². The van der Waals surface area contributed by atoms with E-state index in [9.17, 15) is 23.3 Å². The highest BCUT2D eigenvalue weighted by Gasteiger charge is 2.33. The van der Waals surface area contributed by atoms with Crippen LogP contribution in [0.3, 0.4) is 0 Å². The molecule has 22 heavy (non-hydrogen) atoms. The van der Waals surface area contributed by atoms with Gasteiger partial charge in [-0.1, -0.05) is 34.8 Å². The van der Waals surface area contributed by atoms with E-state index in [1.165, 1.54) is 12.1 Å². The van der Waals surface area contributed by atoms with Gasteiger partial charge in [0.25, 0.3) is 5.69 Å². The number of nitro groups is 1. The van der Waals surface area contributed by atoms with Gasteiger partial charge in [-0.05, 0) is 23.8 Å². The molecule has 0 aliphatic rings. The van der Waals surface area contributed by atoms with Crippen molar-refractivity contribution in [3.8, 4) is 11.1 Å². The molecule has 9 heteroatoms. The Kier molecular flexibility index (Phi) is 4.56. The van der Waals surface area contributed by atoms with Crippen molar-refractivity contribution < 1.29 is 18.1 Å². The Morgan fingerprint density at radius 2 is 1.50 bits per heavy atom. The second-order valence-corrected chi connectivity index (χ2v) is 5.52. The van der Waals surface area contributed by atoms with Crippen molar-refractivity contribution in [3.05, 3.63) is 61.1 Å². The highest BCUT2D eigenvalue weighted by Crippen LogP contribution is 2.41. The van der Waals surface area contributed by atoms with Gasteiger partial charge in [0.2, 0.25) is 0 Å². The Morgan fingerprint density at radius 1 is 0.955 bits per heavy atom. The summed E-state index contributed by atoms with van der Waals surface area (Å²) < 4.78 is 38.6. The summed E-state index contributed by atoms with van der Waals surface area (Å²) in [7, 11) is 0. The second kappa shape index (κ2) is 5.95. The summed E-state index contributed by atoms with van der Waals surface area (Å²) in [5.41, 5.74) is -1.96. The molecule has 0 amide bonds. The molecule has 0 saturated heterocycles. The fourth-order valence-corrected chi connectivity index (χ4v) is 2.88. The first-order chi connectivity index (χ1) is 10.1. The van der Waals surface area contributed by atoms with Gasteiger partial charge >= 0.3 is 6.18 Å². The van der Waals surface area contributed by atoms with Crippen LogP contribution >= 0.6 is 34.8 Å². The van der Waals surface area contributed by atoms with Crippen LogP contribution in [0.15, 0.2) is 30.3 Å². The van der Waals surface area contributed by atoms with Crippen molar-refractivity contribution in [2.24, 2.45) is 0 Å². The van der Waals surface area contributed by atoms with Crippen LogP contribution in [-0.2, 0) is 6.18 Å². The number of hydrogen-bond donors (Lipinski definition) is 0. The molecule has 0 aromatic heterocycles. The first-order valence-electron chi connectivity index (χ1n) is 5.61. The van der Waals surface area contributed by atoms with Crippen molar-refractivity contribution in [1.29, 1.82) is 0 Å². The molecular formula is C13H5Cl3F3NO2. The van der Waals surface area contributed by atoms with Gasteiger partial charge in [0.1, 0.15) is 0 Å². The predicted octanol–water partition coefficient (Wildman–Crippen LogP) is 6.24. The summed E-state index contributed by atoms with van der Waals surface area (Å²) >= 11 is 17.6. The molecule has 0 bridgehead atoms. The molecule has 2 aromatic carbocycles. The molecule has 0 spiro atoms. The number of nitro benzene ring substituents is 1. The maximum Gasteiger partial charge on any atom is 0.416 e. The number of halogens is 6. The minimum Gasteiger partial charge on any atom is -0.258 e. The van der Waals surface area contributed by atoms with E-state index in [1.54, 1.807) is 0 Å². The Labute approximate surface area is 137 Å². The van der Waals surface area contributed by atoms with Crippen LogP contribution in [0.25, 0.3) is 11.1 Å². The average Bonchev–Trinajstić information content (AvgIpc) is 2.36. The lowest BCUT2D eigenvalue weighted by molar-refractivity contribution is -0.385. The number of rotatable bonds is 2. The number of hydrogen-bond acceptors (Lipinski definition) is 2. The van der Waals surface area contributed by atoms with E-state index in [4.69, 9.17) is 34.8 Å². The third-order valence-corrected chi connectivity index (χ3v) is 3.57. The zero-order chi connectivity index (χ0) is 16.7. The van der Waals surface area contributed by atoms with Gasteiger partial charge in [-0.3, -0.25) is 10.1 Å². The number of benzene rings is 2. The van der Waals surface area contributed by atoms with E-state index in [2.05, 4.69) is 0 Å². The van der Waals surface area contributed by atoms with Crippen molar-refractivity contribution in [2.45, 2.75) is 6.18 Å². The monoisotopic (exact) mass is 369 g/mol. The van der Waals surface area contributed by atoms with E-state index >= 15 is 0 Å². The zero-order valence-corrected chi connectivity index (χ0v) is 12.7. The molecule has 0 saturated carbocycles. The summed E-state index contributed by atoms with van der Waals surface area (Å²) in [5, 5.41) is 11.0. The summed E-state index contributed by atoms with van der Waals surface area (Å²) in [6, 6.07) is 4.73. The highest BCUT2D eigenvalue weighted by molar-refractivity contribution is 6.41. The lowest BCUT2D eigenvalue weighted by Crippen LogP contribution is -2.06. The molecule has 0 aliphatic heterocycles. The molecule has 0 fully saturated rings. The minimum atomic E-state index is -4.74. The molecule has 2 aromatic rings. The molecule has 0 atom stereocenters.